The molecule has 0 saturated heterocycles. The molecule has 1 N–H and O–H groups in total. The lowest BCUT2D eigenvalue weighted by Crippen LogP contribution is -2.04. The third-order valence-electron chi connectivity index (χ3n) is 2.00. The van der Waals surface area contributed by atoms with Gasteiger partial charge >= 0.3 is 5.97 Å². The minimum absolute atomic E-state index is 0.0891. The van der Waals surface area contributed by atoms with Crippen molar-refractivity contribution in [2.75, 3.05) is 12.4 Å². The number of anilines is 2. The molecule has 0 radical (unpaired) electrons. The summed E-state index contributed by atoms with van der Waals surface area (Å²) in [6.45, 7) is 0. The van der Waals surface area contributed by atoms with Crippen LogP contribution >= 0.6 is 22.9 Å². The van der Waals surface area contributed by atoms with E-state index in [9.17, 15) is 9.18 Å². The standard InChI is InChI=1S/C10H7ClFN3O2S/c1-17-9(16)7-6(2-3-18-7)14-8-5(12)4-13-10(11)15-8/h2-4H,1H3,(H,13,14,15). The van der Waals surface area contributed by atoms with Crippen molar-refractivity contribution in [2.24, 2.45) is 0 Å². The molecule has 0 spiro atoms. The average molecular weight is 288 g/mol. The predicted octanol–water partition coefficient (Wildman–Crippen LogP) is 2.86. The van der Waals surface area contributed by atoms with E-state index in [1.165, 1.54) is 18.4 Å². The average Bonchev–Trinajstić information content (AvgIpc) is 2.81. The molecule has 0 fully saturated rings. The Morgan fingerprint density at radius 3 is 3.11 bits per heavy atom. The van der Waals surface area contributed by atoms with Crippen molar-refractivity contribution < 1.29 is 13.9 Å². The molecule has 0 saturated carbocycles. The molecule has 0 aliphatic heterocycles. The second-order valence-corrected chi connectivity index (χ2v) is 4.37. The quantitative estimate of drug-likeness (QED) is 0.695. The summed E-state index contributed by atoms with van der Waals surface area (Å²) in [7, 11) is 1.27. The van der Waals surface area contributed by atoms with Crippen LogP contribution in [0.25, 0.3) is 0 Å². The number of methoxy groups -OCH3 is 1. The second kappa shape index (κ2) is 5.28. The molecule has 0 amide bonds. The molecule has 0 aliphatic rings. The summed E-state index contributed by atoms with van der Waals surface area (Å²) in [4.78, 5) is 18.9. The van der Waals surface area contributed by atoms with E-state index in [0.29, 0.717) is 10.6 Å². The Morgan fingerprint density at radius 2 is 2.39 bits per heavy atom. The second-order valence-electron chi connectivity index (χ2n) is 3.12. The smallest absolute Gasteiger partial charge is 0.350 e. The van der Waals surface area contributed by atoms with Gasteiger partial charge in [-0.1, -0.05) is 0 Å². The van der Waals surface area contributed by atoms with Crippen LogP contribution < -0.4 is 5.32 Å². The van der Waals surface area contributed by atoms with Crippen molar-refractivity contribution in [1.82, 2.24) is 9.97 Å². The van der Waals surface area contributed by atoms with E-state index in [2.05, 4.69) is 20.0 Å². The number of rotatable bonds is 3. The molecule has 18 heavy (non-hydrogen) atoms. The molecule has 2 heterocycles. The third-order valence-corrected chi connectivity index (χ3v) is 3.08. The van der Waals surface area contributed by atoms with Crippen LogP contribution in [-0.2, 0) is 4.74 Å². The minimum atomic E-state index is -0.665. The van der Waals surface area contributed by atoms with Crippen molar-refractivity contribution in [3.8, 4) is 0 Å². The van der Waals surface area contributed by atoms with E-state index < -0.39 is 11.8 Å². The summed E-state index contributed by atoms with van der Waals surface area (Å²) < 4.78 is 18.0. The number of nitrogens with zero attached hydrogens (tertiary/aromatic N) is 2. The van der Waals surface area contributed by atoms with Crippen LogP contribution in [0.5, 0.6) is 0 Å². The fraction of sp³-hybridized carbons (Fsp3) is 0.100. The lowest BCUT2D eigenvalue weighted by atomic mass is 10.3. The fourth-order valence-corrected chi connectivity index (χ4v) is 2.12. The Bertz CT molecular complexity index is 590. The highest BCUT2D eigenvalue weighted by atomic mass is 35.5. The van der Waals surface area contributed by atoms with Gasteiger partial charge in [-0.05, 0) is 23.0 Å². The minimum Gasteiger partial charge on any atom is -0.465 e. The Hall–Kier alpha value is -1.73. The molecule has 0 aromatic carbocycles. The number of carbonyl (C=O) groups is 1. The highest BCUT2D eigenvalue weighted by Crippen LogP contribution is 2.27. The van der Waals surface area contributed by atoms with Crippen molar-refractivity contribution in [3.63, 3.8) is 0 Å². The lowest BCUT2D eigenvalue weighted by Gasteiger charge is -2.06. The molecule has 0 unspecified atom stereocenters. The van der Waals surface area contributed by atoms with Crippen LogP contribution in [-0.4, -0.2) is 23.0 Å². The van der Waals surface area contributed by atoms with Gasteiger partial charge in [0, 0.05) is 0 Å². The van der Waals surface area contributed by atoms with E-state index >= 15 is 0 Å². The normalized spacial score (nSPS) is 10.2. The zero-order valence-corrected chi connectivity index (χ0v) is 10.7. The van der Waals surface area contributed by atoms with Gasteiger partial charge < -0.3 is 10.1 Å². The van der Waals surface area contributed by atoms with Gasteiger partial charge in [-0.2, -0.15) is 4.98 Å². The van der Waals surface area contributed by atoms with Gasteiger partial charge in [0.2, 0.25) is 5.28 Å². The van der Waals surface area contributed by atoms with Gasteiger partial charge in [-0.3, -0.25) is 0 Å². The Labute approximate surface area is 111 Å². The van der Waals surface area contributed by atoms with Gasteiger partial charge in [0.25, 0.3) is 0 Å². The summed E-state index contributed by atoms with van der Waals surface area (Å²) in [5.41, 5.74) is 0.403. The number of hydrogen-bond acceptors (Lipinski definition) is 6. The number of aromatic nitrogens is 2. The molecule has 0 aliphatic carbocycles. The SMILES string of the molecule is COC(=O)c1sccc1Nc1nc(Cl)ncc1F. The first-order chi connectivity index (χ1) is 8.61. The third kappa shape index (κ3) is 2.57. The van der Waals surface area contributed by atoms with Gasteiger partial charge in [0.1, 0.15) is 4.88 Å². The number of carbonyl (C=O) groups excluding carboxylic acids is 1. The zero-order chi connectivity index (χ0) is 13.1. The van der Waals surface area contributed by atoms with E-state index in [-0.39, 0.29) is 11.1 Å². The molecule has 0 atom stereocenters. The lowest BCUT2D eigenvalue weighted by molar-refractivity contribution is 0.0607. The first-order valence-corrected chi connectivity index (χ1v) is 5.98. The Balaban J connectivity index is 2.32. The van der Waals surface area contributed by atoms with Gasteiger partial charge in [-0.15, -0.1) is 11.3 Å². The summed E-state index contributed by atoms with van der Waals surface area (Å²) in [5.74, 6) is -1.27. The molecular weight excluding hydrogens is 281 g/mol. The van der Waals surface area contributed by atoms with E-state index in [1.54, 1.807) is 11.4 Å². The van der Waals surface area contributed by atoms with E-state index in [1.807, 2.05) is 0 Å². The molecule has 2 aromatic rings. The largest absolute Gasteiger partial charge is 0.465 e. The molecule has 2 aromatic heterocycles. The fourth-order valence-electron chi connectivity index (χ4n) is 1.22. The first-order valence-electron chi connectivity index (χ1n) is 4.72. The van der Waals surface area contributed by atoms with Gasteiger partial charge in [-0.25, -0.2) is 14.2 Å². The number of ether oxygens (including phenoxy) is 1. The summed E-state index contributed by atoms with van der Waals surface area (Å²) in [6, 6.07) is 1.62. The van der Waals surface area contributed by atoms with Crippen molar-refractivity contribution in [1.29, 1.82) is 0 Å². The summed E-state index contributed by atoms with van der Waals surface area (Å²) in [6.07, 6.45) is 0.946. The van der Waals surface area contributed by atoms with Crippen molar-refractivity contribution in [2.45, 2.75) is 0 Å². The van der Waals surface area contributed by atoms with Crippen LogP contribution in [0.3, 0.4) is 0 Å². The van der Waals surface area contributed by atoms with Gasteiger partial charge in [0.05, 0.1) is 19.0 Å². The topological polar surface area (TPSA) is 64.1 Å². The predicted molar refractivity (Wildman–Crippen MR) is 65.9 cm³/mol. The van der Waals surface area contributed by atoms with Crippen LogP contribution in [0, 0.1) is 5.82 Å². The monoisotopic (exact) mass is 287 g/mol. The maximum atomic E-state index is 13.4. The Morgan fingerprint density at radius 1 is 1.61 bits per heavy atom. The molecule has 8 heteroatoms. The first kappa shape index (κ1) is 12.7. The maximum absolute atomic E-state index is 13.4. The summed E-state index contributed by atoms with van der Waals surface area (Å²) >= 11 is 6.74. The van der Waals surface area contributed by atoms with Crippen molar-refractivity contribution >= 4 is 40.4 Å². The molecule has 94 valence electrons. The zero-order valence-electron chi connectivity index (χ0n) is 9.11. The number of nitrogens with one attached hydrogen (secondary N) is 1. The molecule has 2 rings (SSSR count). The summed E-state index contributed by atoms with van der Waals surface area (Å²) in [5, 5.41) is 4.26. The van der Waals surface area contributed by atoms with Gasteiger partial charge in [0.15, 0.2) is 11.6 Å². The van der Waals surface area contributed by atoms with Crippen LogP contribution in [0.1, 0.15) is 9.67 Å². The number of thiophene rings is 1. The van der Waals surface area contributed by atoms with Crippen molar-refractivity contribution in [3.05, 3.63) is 33.6 Å². The van der Waals surface area contributed by atoms with E-state index in [4.69, 9.17) is 11.6 Å². The van der Waals surface area contributed by atoms with Crippen LogP contribution in [0.4, 0.5) is 15.9 Å². The van der Waals surface area contributed by atoms with Crippen LogP contribution in [0.2, 0.25) is 5.28 Å². The highest BCUT2D eigenvalue weighted by Gasteiger charge is 2.15. The Kier molecular flexibility index (Phi) is 3.73. The van der Waals surface area contributed by atoms with Crippen LogP contribution in [0.15, 0.2) is 17.6 Å². The molecular formula is C10H7ClFN3O2S. The maximum Gasteiger partial charge on any atom is 0.350 e. The highest BCUT2D eigenvalue weighted by molar-refractivity contribution is 7.12. The number of esters is 1. The molecule has 5 nitrogen and oxygen atoms in total. The number of hydrogen-bond donors (Lipinski definition) is 1. The molecule has 0 bridgehead atoms. The van der Waals surface area contributed by atoms with E-state index in [0.717, 1.165) is 6.20 Å². The number of halogens is 2.